The Morgan fingerprint density at radius 3 is 2.26 bits per heavy atom. The number of aliphatic hydroxyl groups is 1. The van der Waals surface area contributed by atoms with E-state index in [2.05, 4.69) is 31.0 Å². The molecule has 0 saturated heterocycles. The predicted molar refractivity (Wildman–Crippen MR) is 82.5 cm³/mol. The first kappa shape index (κ1) is 16.9. The van der Waals surface area contributed by atoms with Crippen LogP contribution in [-0.4, -0.2) is 48.8 Å². The molecule has 0 atom stereocenters. The maximum absolute atomic E-state index is 9.35. The molecule has 0 radical (unpaired) electrons. The molecule has 0 aromatic rings. The van der Waals surface area contributed by atoms with Crippen LogP contribution in [0.2, 0.25) is 0 Å². The quantitative estimate of drug-likeness (QED) is 0.640. The first-order valence-electron chi connectivity index (χ1n) is 8.27. The molecule has 1 aliphatic carbocycles. The van der Waals surface area contributed by atoms with Gasteiger partial charge in [0.2, 0.25) is 0 Å². The molecule has 0 bridgehead atoms. The Morgan fingerprint density at radius 2 is 1.79 bits per heavy atom. The molecule has 19 heavy (non-hydrogen) atoms. The highest BCUT2D eigenvalue weighted by atomic mass is 16.3. The SMILES string of the molecule is CCNCC1(CN(CCO)C(CC)CC)CCCC1. The summed E-state index contributed by atoms with van der Waals surface area (Å²) in [5, 5.41) is 12.9. The third-order valence-electron chi connectivity index (χ3n) is 4.80. The molecule has 1 rings (SSSR count). The maximum Gasteiger partial charge on any atom is 0.0558 e. The van der Waals surface area contributed by atoms with E-state index in [-0.39, 0.29) is 6.61 Å². The van der Waals surface area contributed by atoms with Crippen molar-refractivity contribution in [2.24, 2.45) is 5.41 Å². The van der Waals surface area contributed by atoms with E-state index in [4.69, 9.17) is 0 Å². The van der Waals surface area contributed by atoms with E-state index < -0.39 is 0 Å². The van der Waals surface area contributed by atoms with Gasteiger partial charge < -0.3 is 10.4 Å². The fraction of sp³-hybridized carbons (Fsp3) is 1.00. The van der Waals surface area contributed by atoms with Crippen LogP contribution in [-0.2, 0) is 0 Å². The summed E-state index contributed by atoms with van der Waals surface area (Å²) in [5.74, 6) is 0. The molecular formula is C16H34N2O. The Balaban J connectivity index is 2.66. The molecule has 0 unspecified atom stereocenters. The molecule has 0 amide bonds. The number of hydrogen-bond donors (Lipinski definition) is 2. The Hall–Kier alpha value is -0.120. The van der Waals surface area contributed by atoms with Gasteiger partial charge in [0.25, 0.3) is 0 Å². The molecule has 1 fully saturated rings. The molecule has 2 N–H and O–H groups in total. The molecule has 3 nitrogen and oxygen atoms in total. The van der Waals surface area contributed by atoms with Crippen molar-refractivity contribution in [1.82, 2.24) is 10.2 Å². The summed E-state index contributed by atoms with van der Waals surface area (Å²) < 4.78 is 0. The standard InChI is InChI=1S/C16H34N2O/c1-4-15(5-2)18(11-12-19)14-16(13-17-6-3)9-7-8-10-16/h15,17,19H,4-14H2,1-3H3. The normalized spacial score (nSPS) is 18.6. The van der Waals surface area contributed by atoms with Gasteiger partial charge in [0.1, 0.15) is 0 Å². The lowest BCUT2D eigenvalue weighted by Crippen LogP contribution is -2.47. The summed E-state index contributed by atoms with van der Waals surface area (Å²) in [6, 6.07) is 0.631. The lowest BCUT2D eigenvalue weighted by atomic mass is 9.84. The number of nitrogens with one attached hydrogen (secondary N) is 1. The molecule has 0 aromatic heterocycles. The van der Waals surface area contributed by atoms with Crippen LogP contribution >= 0.6 is 0 Å². The minimum atomic E-state index is 0.286. The highest BCUT2D eigenvalue weighted by molar-refractivity contribution is 4.90. The minimum Gasteiger partial charge on any atom is -0.395 e. The lowest BCUT2D eigenvalue weighted by molar-refractivity contribution is 0.0838. The number of aliphatic hydroxyl groups excluding tert-OH is 1. The van der Waals surface area contributed by atoms with Crippen molar-refractivity contribution in [3.63, 3.8) is 0 Å². The van der Waals surface area contributed by atoms with Gasteiger partial charge in [0.15, 0.2) is 0 Å². The average Bonchev–Trinajstić information content (AvgIpc) is 2.87. The van der Waals surface area contributed by atoms with Crippen molar-refractivity contribution in [2.75, 3.05) is 32.8 Å². The molecule has 3 heteroatoms. The average molecular weight is 270 g/mol. The van der Waals surface area contributed by atoms with E-state index in [1.54, 1.807) is 0 Å². The van der Waals surface area contributed by atoms with Gasteiger partial charge in [-0.05, 0) is 37.6 Å². The Morgan fingerprint density at radius 1 is 1.16 bits per heavy atom. The summed E-state index contributed by atoms with van der Waals surface area (Å²) >= 11 is 0. The van der Waals surface area contributed by atoms with Crippen LogP contribution in [0.5, 0.6) is 0 Å². The summed E-state index contributed by atoms with van der Waals surface area (Å²) in [5.41, 5.74) is 0.452. The summed E-state index contributed by atoms with van der Waals surface area (Å²) in [6.07, 6.45) is 7.83. The summed E-state index contributed by atoms with van der Waals surface area (Å²) in [7, 11) is 0. The van der Waals surface area contributed by atoms with Gasteiger partial charge in [-0.3, -0.25) is 4.90 Å². The van der Waals surface area contributed by atoms with E-state index in [1.807, 2.05) is 0 Å². The summed E-state index contributed by atoms with van der Waals surface area (Å²) in [4.78, 5) is 2.54. The van der Waals surface area contributed by atoms with Crippen molar-refractivity contribution < 1.29 is 5.11 Å². The van der Waals surface area contributed by atoms with Gasteiger partial charge in [0.05, 0.1) is 6.61 Å². The van der Waals surface area contributed by atoms with E-state index in [9.17, 15) is 5.11 Å². The van der Waals surface area contributed by atoms with Crippen molar-refractivity contribution >= 4 is 0 Å². The van der Waals surface area contributed by atoms with Crippen LogP contribution in [0.15, 0.2) is 0 Å². The van der Waals surface area contributed by atoms with Crippen molar-refractivity contribution in [1.29, 1.82) is 0 Å². The predicted octanol–water partition coefficient (Wildman–Crippen LogP) is 2.64. The lowest BCUT2D eigenvalue weighted by Gasteiger charge is -2.39. The van der Waals surface area contributed by atoms with Gasteiger partial charge in [-0.15, -0.1) is 0 Å². The summed E-state index contributed by atoms with van der Waals surface area (Å²) in [6.45, 7) is 11.2. The third kappa shape index (κ3) is 5.05. The first-order chi connectivity index (χ1) is 9.21. The van der Waals surface area contributed by atoms with Crippen LogP contribution in [0, 0.1) is 5.41 Å². The zero-order valence-corrected chi connectivity index (χ0v) is 13.2. The van der Waals surface area contributed by atoms with Crippen molar-refractivity contribution in [2.45, 2.75) is 65.3 Å². The Kier molecular flexibility index (Phi) is 7.96. The van der Waals surface area contributed by atoms with Crippen molar-refractivity contribution in [3.8, 4) is 0 Å². The van der Waals surface area contributed by atoms with E-state index >= 15 is 0 Å². The molecule has 0 aliphatic heterocycles. The topological polar surface area (TPSA) is 35.5 Å². The number of rotatable bonds is 10. The van der Waals surface area contributed by atoms with Gasteiger partial charge in [-0.2, -0.15) is 0 Å². The molecule has 114 valence electrons. The second-order valence-corrected chi connectivity index (χ2v) is 6.15. The smallest absolute Gasteiger partial charge is 0.0558 e. The van der Waals surface area contributed by atoms with Crippen LogP contribution in [0.4, 0.5) is 0 Å². The zero-order chi connectivity index (χ0) is 14.1. The van der Waals surface area contributed by atoms with E-state index in [1.165, 1.54) is 38.5 Å². The minimum absolute atomic E-state index is 0.286. The molecule has 0 aromatic carbocycles. The van der Waals surface area contributed by atoms with Crippen LogP contribution in [0.1, 0.15) is 59.3 Å². The maximum atomic E-state index is 9.35. The molecular weight excluding hydrogens is 236 g/mol. The van der Waals surface area contributed by atoms with Gasteiger partial charge >= 0.3 is 0 Å². The largest absolute Gasteiger partial charge is 0.395 e. The second-order valence-electron chi connectivity index (χ2n) is 6.15. The fourth-order valence-corrected chi connectivity index (χ4v) is 3.66. The number of nitrogens with zero attached hydrogens (tertiary/aromatic N) is 1. The van der Waals surface area contributed by atoms with Crippen LogP contribution in [0.3, 0.4) is 0 Å². The van der Waals surface area contributed by atoms with Gasteiger partial charge in [-0.25, -0.2) is 0 Å². The van der Waals surface area contributed by atoms with Crippen LogP contribution < -0.4 is 5.32 Å². The van der Waals surface area contributed by atoms with Crippen molar-refractivity contribution in [3.05, 3.63) is 0 Å². The van der Waals surface area contributed by atoms with Gasteiger partial charge in [0, 0.05) is 25.7 Å². The molecule has 0 heterocycles. The second kappa shape index (κ2) is 8.93. The number of hydrogen-bond acceptors (Lipinski definition) is 3. The van der Waals surface area contributed by atoms with Gasteiger partial charge in [-0.1, -0.05) is 33.6 Å². The van der Waals surface area contributed by atoms with Crippen LogP contribution in [0.25, 0.3) is 0 Å². The third-order valence-corrected chi connectivity index (χ3v) is 4.80. The highest BCUT2D eigenvalue weighted by Crippen LogP contribution is 2.39. The van der Waals surface area contributed by atoms with E-state index in [0.717, 1.165) is 26.2 Å². The Labute approximate surface area is 119 Å². The Bertz CT molecular complexity index is 223. The zero-order valence-electron chi connectivity index (χ0n) is 13.2. The fourth-order valence-electron chi connectivity index (χ4n) is 3.66. The monoisotopic (exact) mass is 270 g/mol. The highest BCUT2D eigenvalue weighted by Gasteiger charge is 2.36. The first-order valence-corrected chi connectivity index (χ1v) is 8.27. The molecule has 0 spiro atoms. The molecule has 1 saturated carbocycles. The molecule has 1 aliphatic rings. The van der Waals surface area contributed by atoms with E-state index in [0.29, 0.717) is 11.5 Å².